The molecule has 0 saturated heterocycles. The summed E-state index contributed by atoms with van der Waals surface area (Å²) in [6, 6.07) is 8.31. The average molecular weight is 475 g/mol. The third kappa shape index (κ3) is 4.45. The van der Waals surface area contributed by atoms with E-state index in [2.05, 4.69) is 26.7 Å². The standard InChI is InChI=1S/C26H27FN6O2/c1-4-21-22(32(13-17-5-6-17)31-25(21)18-7-9-19(27)10-8-18)11-20-12-23(29-14-28-20)33-16(3)24(26(34)35)15(2)30-33/h7-10,12,14,17H,4-6,11,13H2,1-3H3,(H,34,35). The molecule has 9 heteroatoms. The van der Waals surface area contributed by atoms with Crippen molar-refractivity contribution in [2.45, 2.75) is 53.0 Å². The number of halogens is 1. The highest BCUT2D eigenvalue weighted by molar-refractivity contribution is 5.90. The van der Waals surface area contributed by atoms with E-state index in [0.29, 0.717) is 29.5 Å². The summed E-state index contributed by atoms with van der Waals surface area (Å²) in [6.45, 7) is 6.35. The normalized spacial score (nSPS) is 13.4. The van der Waals surface area contributed by atoms with E-state index in [4.69, 9.17) is 5.10 Å². The predicted octanol–water partition coefficient (Wildman–Crippen LogP) is 4.54. The Labute approximate surface area is 202 Å². The first-order chi connectivity index (χ1) is 16.9. The number of aromatic carboxylic acids is 1. The summed E-state index contributed by atoms with van der Waals surface area (Å²) in [5.41, 5.74) is 5.91. The van der Waals surface area contributed by atoms with Crippen molar-refractivity contribution in [3.8, 4) is 17.1 Å². The highest BCUT2D eigenvalue weighted by Crippen LogP contribution is 2.34. The van der Waals surface area contributed by atoms with Crippen LogP contribution in [0.25, 0.3) is 17.1 Å². The van der Waals surface area contributed by atoms with Gasteiger partial charge in [-0.25, -0.2) is 23.8 Å². The lowest BCUT2D eigenvalue weighted by Crippen LogP contribution is -2.10. The average Bonchev–Trinajstić information content (AvgIpc) is 3.51. The highest BCUT2D eigenvalue weighted by atomic mass is 19.1. The van der Waals surface area contributed by atoms with Crippen molar-refractivity contribution in [1.82, 2.24) is 29.5 Å². The highest BCUT2D eigenvalue weighted by Gasteiger charge is 2.26. The smallest absolute Gasteiger partial charge is 0.339 e. The Morgan fingerprint density at radius 2 is 1.89 bits per heavy atom. The van der Waals surface area contributed by atoms with Crippen LogP contribution in [-0.2, 0) is 19.4 Å². The van der Waals surface area contributed by atoms with Gasteiger partial charge in [0.25, 0.3) is 0 Å². The SMILES string of the molecule is CCc1c(-c2ccc(F)cc2)nn(CC2CC2)c1Cc1cc(-n2nc(C)c(C(=O)O)c2C)ncn1. The van der Waals surface area contributed by atoms with Gasteiger partial charge in [0.15, 0.2) is 5.82 Å². The fourth-order valence-electron chi connectivity index (χ4n) is 4.58. The molecule has 1 aliphatic carbocycles. The summed E-state index contributed by atoms with van der Waals surface area (Å²) >= 11 is 0. The maximum absolute atomic E-state index is 13.5. The largest absolute Gasteiger partial charge is 0.478 e. The number of benzene rings is 1. The van der Waals surface area contributed by atoms with Crippen LogP contribution in [0.1, 0.15) is 58.5 Å². The first-order valence-corrected chi connectivity index (χ1v) is 11.8. The van der Waals surface area contributed by atoms with Gasteiger partial charge in [-0.15, -0.1) is 0 Å². The number of hydrogen-bond acceptors (Lipinski definition) is 5. The van der Waals surface area contributed by atoms with Crippen LogP contribution in [0.15, 0.2) is 36.7 Å². The molecule has 8 nitrogen and oxygen atoms in total. The second kappa shape index (κ2) is 9.05. The quantitative estimate of drug-likeness (QED) is 0.402. The zero-order valence-electron chi connectivity index (χ0n) is 20.0. The molecule has 0 atom stereocenters. The van der Waals surface area contributed by atoms with Crippen molar-refractivity contribution in [2.24, 2.45) is 5.92 Å². The van der Waals surface area contributed by atoms with Crippen molar-refractivity contribution in [1.29, 1.82) is 0 Å². The molecule has 5 rings (SSSR count). The molecule has 0 unspecified atom stereocenters. The lowest BCUT2D eigenvalue weighted by molar-refractivity contribution is 0.0695. The van der Waals surface area contributed by atoms with Crippen LogP contribution in [0, 0.1) is 25.6 Å². The Bertz CT molecular complexity index is 1400. The Morgan fingerprint density at radius 3 is 2.51 bits per heavy atom. The van der Waals surface area contributed by atoms with Crippen molar-refractivity contribution >= 4 is 5.97 Å². The topological polar surface area (TPSA) is 98.7 Å². The molecule has 1 aromatic carbocycles. The van der Waals surface area contributed by atoms with Crippen LogP contribution in [0.4, 0.5) is 4.39 Å². The third-order valence-corrected chi connectivity index (χ3v) is 6.55. The first-order valence-electron chi connectivity index (χ1n) is 11.8. The van der Waals surface area contributed by atoms with Crippen molar-refractivity contribution < 1.29 is 14.3 Å². The molecule has 0 bridgehead atoms. The molecule has 1 saturated carbocycles. The Hall–Kier alpha value is -3.88. The fourth-order valence-corrected chi connectivity index (χ4v) is 4.58. The van der Waals surface area contributed by atoms with Crippen LogP contribution in [-0.4, -0.2) is 40.6 Å². The third-order valence-electron chi connectivity index (χ3n) is 6.55. The van der Waals surface area contributed by atoms with Gasteiger partial charge >= 0.3 is 5.97 Å². The maximum atomic E-state index is 13.5. The monoisotopic (exact) mass is 474 g/mol. The zero-order chi connectivity index (χ0) is 24.7. The molecule has 4 aromatic rings. The van der Waals surface area contributed by atoms with E-state index in [-0.39, 0.29) is 11.4 Å². The van der Waals surface area contributed by atoms with E-state index in [0.717, 1.165) is 41.2 Å². The molecule has 0 radical (unpaired) electrons. The number of hydrogen-bond donors (Lipinski definition) is 1. The van der Waals surface area contributed by atoms with E-state index in [1.807, 2.05) is 6.07 Å². The number of carbonyl (C=O) groups is 1. The summed E-state index contributed by atoms with van der Waals surface area (Å²) in [5, 5.41) is 18.9. The van der Waals surface area contributed by atoms with E-state index in [1.165, 1.54) is 31.3 Å². The van der Waals surface area contributed by atoms with Crippen LogP contribution >= 0.6 is 0 Å². The van der Waals surface area contributed by atoms with E-state index >= 15 is 0 Å². The van der Waals surface area contributed by atoms with Gasteiger partial charge in [-0.1, -0.05) is 6.92 Å². The van der Waals surface area contributed by atoms with Gasteiger partial charge in [-0.05, 0) is 63.3 Å². The molecule has 1 fully saturated rings. The van der Waals surface area contributed by atoms with Gasteiger partial charge in [0.1, 0.15) is 17.7 Å². The second-order valence-electron chi connectivity index (χ2n) is 9.07. The molecular formula is C26H27FN6O2. The fraction of sp³-hybridized carbons (Fsp3) is 0.346. The van der Waals surface area contributed by atoms with Gasteiger partial charge in [0.05, 0.1) is 22.8 Å². The first kappa shape index (κ1) is 22.9. The van der Waals surface area contributed by atoms with Crippen molar-refractivity contribution in [2.75, 3.05) is 0 Å². The number of aryl methyl sites for hydroxylation is 1. The number of carboxylic acid groups (broad SMARTS) is 1. The van der Waals surface area contributed by atoms with Crippen molar-refractivity contribution in [3.63, 3.8) is 0 Å². The zero-order valence-corrected chi connectivity index (χ0v) is 20.0. The molecule has 1 aliphatic rings. The van der Waals surface area contributed by atoms with Gasteiger partial charge in [0.2, 0.25) is 0 Å². The molecule has 1 N–H and O–H groups in total. The molecule has 35 heavy (non-hydrogen) atoms. The van der Waals surface area contributed by atoms with Crippen LogP contribution < -0.4 is 0 Å². The lowest BCUT2D eigenvalue weighted by Gasteiger charge is -2.10. The molecular weight excluding hydrogens is 447 g/mol. The minimum absolute atomic E-state index is 0.185. The minimum Gasteiger partial charge on any atom is -0.478 e. The summed E-state index contributed by atoms with van der Waals surface area (Å²) in [6.07, 6.45) is 5.21. The second-order valence-corrected chi connectivity index (χ2v) is 9.07. The summed E-state index contributed by atoms with van der Waals surface area (Å²) in [7, 11) is 0. The lowest BCUT2D eigenvalue weighted by atomic mass is 10.0. The number of carboxylic acids is 1. The Morgan fingerprint density at radius 1 is 1.14 bits per heavy atom. The summed E-state index contributed by atoms with van der Waals surface area (Å²) in [4.78, 5) is 20.5. The van der Waals surface area contributed by atoms with Gasteiger partial charge < -0.3 is 5.11 Å². The maximum Gasteiger partial charge on any atom is 0.339 e. The molecule has 0 aliphatic heterocycles. The predicted molar refractivity (Wildman–Crippen MR) is 128 cm³/mol. The molecule has 0 spiro atoms. The number of aromatic nitrogens is 6. The Kier molecular flexibility index (Phi) is 5.92. The van der Waals surface area contributed by atoms with E-state index in [9.17, 15) is 14.3 Å². The van der Waals surface area contributed by atoms with Gasteiger partial charge in [0, 0.05) is 35.9 Å². The van der Waals surface area contributed by atoms with Crippen LogP contribution in [0.3, 0.4) is 0 Å². The van der Waals surface area contributed by atoms with E-state index < -0.39 is 5.97 Å². The van der Waals surface area contributed by atoms with Crippen molar-refractivity contribution in [3.05, 3.63) is 76.4 Å². The number of rotatable bonds is 8. The summed E-state index contributed by atoms with van der Waals surface area (Å²) < 4.78 is 17.2. The van der Waals surface area contributed by atoms with Gasteiger partial charge in [-0.3, -0.25) is 4.68 Å². The molecule has 3 heterocycles. The van der Waals surface area contributed by atoms with Gasteiger partial charge in [-0.2, -0.15) is 10.2 Å². The minimum atomic E-state index is -1.01. The Balaban J connectivity index is 1.54. The van der Waals surface area contributed by atoms with E-state index in [1.54, 1.807) is 30.7 Å². The molecule has 180 valence electrons. The van der Waals surface area contributed by atoms with Crippen LogP contribution in [0.5, 0.6) is 0 Å². The van der Waals surface area contributed by atoms with Crippen LogP contribution in [0.2, 0.25) is 0 Å². The summed E-state index contributed by atoms with van der Waals surface area (Å²) in [5.74, 6) is -0.128. The molecule has 0 amide bonds. The number of nitrogens with zero attached hydrogens (tertiary/aromatic N) is 6. The molecule has 3 aromatic heterocycles.